The normalized spacial score (nSPS) is 22.5. The lowest BCUT2D eigenvalue weighted by atomic mass is 9.97. The van der Waals surface area contributed by atoms with Gasteiger partial charge in [-0.25, -0.2) is 4.39 Å². The van der Waals surface area contributed by atoms with Crippen molar-refractivity contribution in [1.29, 1.82) is 0 Å². The number of carbonyl (C=O) groups excluding carboxylic acids is 1. The molecule has 0 saturated heterocycles. The fraction of sp³-hybridized carbons (Fsp3) is 0.533. The third-order valence-electron chi connectivity index (χ3n) is 4.00. The van der Waals surface area contributed by atoms with Gasteiger partial charge < -0.3 is 11.1 Å². The first-order valence-corrected chi connectivity index (χ1v) is 6.87. The zero-order valence-electron chi connectivity index (χ0n) is 11.3. The molecule has 1 fully saturated rings. The van der Waals surface area contributed by atoms with Crippen LogP contribution in [0.2, 0.25) is 0 Å². The quantitative estimate of drug-likeness (QED) is 0.877. The maximum absolute atomic E-state index is 13.7. The average Bonchev–Trinajstić information content (AvgIpc) is 2.83. The number of hydrogen-bond donors (Lipinski definition) is 2. The highest BCUT2D eigenvalue weighted by Gasteiger charge is 2.29. The fourth-order valence-corrected chi connectivity index (χ4v) is 2.71. The lowest BCUT2D eigenvalue weighted by Crippen LogP contribution is -2.31. The van der Waals surface area contributed by atoms with E-state index in [1.807, 2.05) is 0 Å². The van der Waals surface area contributed by atoms with Gasteiger partial charge in [0, 0.05) is 24.6 Å². The molecule has 0 aliphatic heterocycles. The Kier molecular flexibility index (Phi) is 4.53. The average molecular weight is 264 g/mol. The van der Waals surface area contributed by atoms with Crippen LogP contribution in [0.4, 0.5) is 4.39 Å². The SMILES string of the molecule is CC1CCCC1C(=O)NCc1ccc(CN)cc1F. The second kappa shape index (κ2) is 6.15. The van der Waals surface area contributed by atoms with Crippen molar-refractivity contribution in [3.8, 4) is 0 Å². The maximum Gasteiger partial charge on any atom is 0.223 e. The van der Waals surface area contributed by atoms with E-state index >= 15 is 0 Å². The van der Waals surface area contributed by atoms with Gasteiger partial charge in [0.25, 0.3) is 0 Å². The molecule has 0 bridgehead atoms. The summed E-state index contributed by atoms with van der Waals surface area (Å²) in [5.74, 6) is 0.269. The van der Waals surface area contributed by atoms with Crippen LogP contribution < -0.4 is 11.1 Å². The second-order valence-electron chi connectivity index (χ2n) is 5.36. The number of rotatable bonds is 4. The van der Waals surface area contributed by atoms with Gasteiger partial charge in [-0.3, -0.25) is 4.79 Å². The van der Waals surface area contributed by atoms with Crippen LogP contribution in [0, 0.1) is 17.7 Å². The number of halogens is 1. The van der Waals surface area contributed by atoms with Crippen molar-refractivity contribution in [3.63, 3.8) is 0 Å². The Balaban J connectivity index is 1.93. The Morgan fingerprint density at radius 2 is 2.26 bits per heavy atom. The molecule has 0 radical (unpaired) electrons. The van der Waals surface area contributed by atoms with Gasteiger partial charge in [-0.15, -0.1) is 0 Å². The molecule has 1 aromatic carbocycles. The number of hydrogen-bond acceptors (Lipinski definition) is 2. The minimum absolute atomic E-state index is 0.0484. The molecule has 1 aromatic rings. The highest BCUT2D eigenvalue weighted by atomic mass is 19.1. The first-order chi connectivity index (χ1) is 9.11. The van der Waals surface area contributed by atoms with Crippen molar-refractivity contribution >= 4 is 5.91 Å². The Bertz CT molecular complexity index is 461. The van der Waals surface area contributed by atoms with E-state index < -0.39 is 0 Å². The molecular formula is C15H21FN2O. The van der Waals surface area contributed by atoms with Crippen molar-refractivity contribution in [2.45, 2.75) is 39.3 Å². The van der Waals surface area contributed by atoms with Gasteiger partial charge in [0.2, 0.25) is 5.91 Å². The summed E-state index contributed by atoms with van der Waals surface area (Å²) in [6.07, 6.45) is 3.16. The van der Waals surface area contributed by atoms with Gasteiger partial charge >= 0.3 is 0 Å². The van der Waals surface area contributed by atoms with E-state index in [1.165, 1.54) is 6.07 Å². The first kappa shape index (κ1) is 14.0. The van der Waals surface area contributed by atoms with Crippen LogP contribution in [0.1, 0.15) is 37.3 Å². The van der Waals surface area contributed by atoms with Crippen LogP contribution in [-0.2, 0) is 17.9 Å². The molecular weight excluding hydrogens is 243 g/mol. The zero-order chi connectivity index (χ0) is 13.8. The number of nitrogens with one attached hydrogen (secondary N) is 1. The second-order valence-corrected chi connectivity index (χ2v) is 5.36. The lowest BCUT2D eigenvalue weighted by molar-refractivity contribution is -0.126. The largest absolute Gasteiger partial charge is 0.352 e. The highest BCUT2D eigenvalue weighted by Crippen LogP contribution is 2.31. The van der Waals surface area contributed by atoms with Crippen LogP contribution >= 0.6 is 0 Å². The molecule has 0 spiro atoms. The molecule has 2 atom stereocenters. The van der Waals surface area contributed by atoms with Gasteiger partial charge in [-0.2, -0.15) is 0 Å². The molecule has 1 aliphatic rings. The Morgan fingerprint density at radius 3 is 2.84 bits per heavy atom. The number of amides is 1. The summed E-state index contributed by atoms with van der Waals surface area (Å²) in [6, 6.07) is 4.92. The van der Waals surface area contributed by atoms with E-state index in [2.05, 4.69) is 12.2 Å². The van der Waals surface area contributed by atoms with Crippen LogP contribution in [-0.4, -0.2) is 5.91 Å². The van der Waals surface area contributed by atoms with E-state index in [0.717, 1.165) is 24.8 Å². The number of benzene rings is 1. The van der Waals surface area contributed by atoms with Gasteiger partial charge in [0.1, 0.15) is 5.82 Å². The van der Waals surface area contributed by atoms with Gasteiger partial charge in [-0.05, 0) is 30.4 Å². The van der Waals surface area contributed by atoms with Gasteiger partial charge in [0.15, 0.2) is 0 Å². The summed E-state index contributed by atoms with van der Waals surface area (Å²) in [4.78, 5) is 12.0. The Labute approximate surface area is 113 Å². The molecule has 2 unspecified atom stereocenters. The molecule has 3 nitrogen and oxygen atoms in total. The summed E-state index contributed by atoms with van der Waals surface area (Å²) < 4.78 is 13.7. The summed E-state index contributed by atoms with van der Waals surface area (Å²) in [5.41, 5.74) is 6.72. The Hall–Kier alpha value is -1.42. The van der Waals surface area contributed by atoms with Crippen molar-refractivity contribution in [2.24, 2.45) is 17.6 Å². The topological polar surface area (TPSA) is 55.1 Å². The van der Waals surface area contributed by atoms with E-state index in [4.69, 9.17) is 5.73 Å². The van der Waals surface area contributed by atoms with Crippen molar-refractivity contribution in [1.82, 2.24) is 5.32 Å². The summed E-state index contributed by atoms with van der Waals surface area (Å²) in [6.45, 7) is 2.68. The van der Waals surface area contributed by atoms with Gasteiger partial charge in [-0.1, -0.05) is 25.5 Å². The maximum atomic E-state index is 13.7. The number of nitrogens with two attached hydrogens (primary N) is 1. The summed E-state index contributed by atoms with van der Waals surface area (Å²) in [7, 11) is 0. The third kappa shape index (κ3) is 3.32. The minimum atomic E-state index is -0.303. The number of carbonyl (C=O) groups is 1. The van der Waals surface area contributed by atoms with Crippen LogP contribution in [0.15, 0.2) is 18.2 Å². The summed E-state index contributed by atoms with van der Waals surface area (Å²) in [5, 5.41) is 2.84. The smallest absolute Gasteiger partial charge is 0.223 e. The molecule has 2 rings (SSSR count). The van der Waals surface area contributed by atoms with E-state index in [0.29, 0.717) is 18.0 Å². The standard InChI is InChI=1S/C15H21FN2O/c1-10-3-2-4-13(10)15(19)18-9-12-6-5-11(8-17)7-14(12)16/h5-7,10,13H,2-4,8-9,17H2,1H3,(H,18,19). The van der Waals surface area contributed by atoms with Crippen LogP contribution in [0.3, 0.4) is 0 Å². The zero-order valence-corrected chi connectivity index (χ0v) is 11.3. The third-order valence-corrected chi connectivity index (χ3v) is 4.00. The Morgan fingerprint density at radius 1 is 1.47 bits per heavy atom. The van der Waals surface area contributed by atoms with E-state index in [1.54, 1.807) is 12.1 Å². The minimum Gasteiger partial charge on any atom is -0.352 e. The predicted molar refractivity (Wildman–Crippen MR) is 72.6 cm³/mol. The van der Waals surface area contributed by atoms with Crippen LogP contribution in [0.25, 0.3) is 0 Å². The van der Waals surface area contributed by atoms with Crippen LogP contribution in [0.5, 0.6) is 0 Å². The van der Waals surface area contributed by atoms with Crippen molar-refractivity contribution in [2.75, 3.05) is 0 Å². The fourth-order valence-electron chi connectivity index (χ4n) is 2.71. The molecule has 0 aromatic heterocycles. The van der Waals surface area contributed by atoms with Crippen molar-refractivity contribution in [3.05, 3.63) is 35.1 Å². The lowest BCUT2D eigenvalue weighted by Gasteiger charge is -2.15. The van der Waals surface area contributed by atoms with Gasteiger partial charge in [0.05, 0.1) is 0 Å². The molecule has 104 valence electrons. The van der Waals surface area contributed by atoms with E-state index in [9.17, 15) is 9.18 Å². The monoisotopic (exact) mass is 264 g/mol. The molecule has 1 saturated carbocycles. The van der Waals surface area contributed by atoms with E-state index in [-0.39, 0.29) is 24.2 Å². The predicted octanol–water partition coefficient (Wildman–Crippen LogP) is 2.34. The molecule has 4 heteroatoms. The molecule has 1 amide bonds. The molecule has 19 heavy (non-hydrogen) atoms. The highest BCUT2D eigenvalue weighted by molar-refractivity contribution is 5.79. The molecule has 1 aliphatic carbocycles. The first-order valence-electron chi connectivity index (χ1n) is 6.87. The molecule has 3 N–H and O–H groups in total. The van der Waals surface area contributed by atoms with Crippen molar-refractivity contribution < 1.29 is 9.18 Å². The summed E-state index contributed by atoms with van der Waals surface area (Å²) >= 11 is 0. The molecule has 0 heterocycles.